The Kier molecular flexibility index (Phi) is 2.43. The molecule has 1 heterocycles. The smallest absolute Gasteiger partial charge is 0.310 e. The Morgan fingerprint density at radius 2 is 2.45 bits per heavy atom. The van der Waals surface area contributed by atoms with Crippen molar-refractivity contribution in [1.29, 1.82) is 0 Å². The van der Waals surface area contributed by atoms with Gasteiger partial charge in [0, 0.05) is 7.05 Å². The van der Waals surface area contributed by atoms with Gasteiger partial charge in [-0.25, -0.2) is 9.89 Å². The third kappa shape index (κ3) is 1.68. The van der Waals surface area contributed by atoms with Gasteiger partial charge in [0.15, 0.2) is 0 Å². The summed E-state index contributed by atoms with van der Waals surface area (Å²) in [5, 5.41) is 9.26. The monoisotopic (exact) mass is 156 g/mol. The fraction of sp³-hybridized carbons (Fsp3) is 0.667. The lowest BCUT2D eigenvalue weighted by atomic mass is 10.5. The van der Waals surface area contributed by atoms with Crippen LogP contribution in [0.4, 0.5) is 0 Å². The molecular weight excluding hydrogens is 144 g/mol. The average Bonchev–Trinajstić information content (AvgIpc) is 2.31. The predicted octanol–water partition coefficient (Wildman–Crippen LogP) is -0.782. The molecule has 0 fully saturated rings. The molecule has 0 aliphatic carbocycles. The molecule has 5 nitrogen and oxygen atoms in total. The number of aromatic nitrogens is 3. The van der Waals surface area contributed by atoms with Crippen molar-refractivity contribution < 1.29 is 0 Å². The van der Waals surface area contributed by atoms with E-state index in [-0.39, 0.29) is 5.69 Å². The summed E-state index contributed by atoms with van der Waals surface area (Å²) in [4.78, 5) is 10.8. The van der Waals surface area contributed by atoms with E-state index < -0.39 is 0 Å². The van der Waals surface area contributed by atoms with E-state index in [4.69, 9.17) is 0 Å². The van der Waals surface area contributed by atoms with Crippen LogP contribution in [-0.4, -0.2) is 21.3 Å². The minimum Gasteiger partial charge on any atom is -0.310 e. The van der Waals surface area contributed by atoms with Crippen molar-refractivity contribution in [2.24, 2.45) is 7.05 Å². The van der Waals surface area contributed by atoms with Gasteiger partial charge in [-0.05, 0) is 6.54 Å². The fourth-order valence-electron chi connectivity index (χ4n) is 0.774. The Bertz CT molecular complexity index is 274. The molecule has 0 atom stereocenters. The highest BCUT2D eigenvalue weighted by Crippen LogP contribution is 1.84. The van der Waals surface area contributed by atoms with Crippen molar-refractivity contribution in [3.8, 4) is 0 Å². The minimum absolute atomic E-state index is 0.169. The molecule has 0 aromatic carbocycles. The van der Waals surface area contributed by atoms with E-state index in [1.807, 2.05) is 6.92 Å². The number of hydrogen-bond acceptors (Lipinski definition) is 3. The van der Waals surface area contributed by atoms with Gasteiger partial charge in [0.25, 0.3) is 0 Å². The van der Waals surface area contributed by atoms with Gasteiger partial charge in [0.2, 0.25) is 0 Å². The van der Waals surface area contributed by atoms with Gasteiger partial charge in [0.1, 0.15) is 5.82 Å². The van der Waals surface area contributed by atoms with E-state index in [9.17, 15) is 4.79 Å². The van der Waals surface area contributed by atoms with E-state index in [0.29, 0.717) is 6.54 Å². The van der Waals surface area contributed by atoms with Crippen LogP contribution in [0.2, 0.25) is 0 Å². The first-order valence-corrected chi connectivity index (χ1v) is 3.56. The molecule has 0 saturated heterocycles. The summed E-state index contributed by atoms with van der Waals surface area (Å²) in [7, 11) is 1.69. The van der Waals surface area contributed by atoms with Crippen LogP contribution in [0, 0.1) is 0 Å². The summed E-state index contributed by atoms with van der Waals surface area (Å²) in [5.74, 6) is 0.733. The van der Waals surface area contributed by atoms with Crippen LogP contribution in [-0.2, 0) is 13.6 Å². The molecule has 5 heteroatoms. The SMILES string of the molecule is CCNCc1n[nH]c(=O)n1C. The molecule has 0 unspecified atom stereocenters. The van der Waals surface area contributed by atoms with Gasteiger partial charge >= 0.3 is 5.69 Å². The van der Waals surface area contributed by atoms with Crippen LogP contribution < -0.4 is 11.0 Å². The zero-order chi connectivity index (χ0) is 8.27. The van der Waals surface area contributed by atoms with Gasteiger partial charge in [-0.2, -0.15) is 5.10 Å². The van der Waals surface area contributed by atoms with Crippen LogP contribution in [0.15, 0.2) is 4.79 Å². The van der Waals surface area contributed by atoms with Crippen molar-refractivity contribution in [2.45, 2.75) is 13.5 Å². The van der Waals surface area contributed by atoms with Gasteiger partial charge in [0.05, 0.1) is 6.54 Å². The molecule has 1 aromatic rings. The summed E-state index contributed by atoms with van der Waals surface area (Å²) < 4.78 is 1.49. The second-order valence-corrected chi connectivity index (χ2v) is 2.28. The molecule has 0 aliphatic heterocycles. The lowest BCUT2D eigenvalue weighted by Crippen LogP contribution is -2.19. The van der Waals surface area contributed by atoms with Crippen LogP contribution in [0.25, 0.3) is 0 Å². The largest absolute Gasteiger partial charge is 0.343 e. The lowest BCUT2D eigenvalue weighted by Gasteiger charge is -1.98. The summed E-state index contributed by atoms with van der Waals surface area (Å²) >= 11 is 0. The van der Waals surface area contributed by atoms with Crippen LogP contribution >= 0.6 is 0 Å². The Morgan fingerprint density at radius 3 is 2.91 bits per heavy atom. The molecule has 1 aromatic heterocycles. The summed E-state index contributed by atoms with van der Waals surface area (Å²) in [6.07, 6.45) is 0. The summed E-state index contributed by atoms with van der Waals surface area (Å²) in [6.45, 7) is 3.51. The molecule has 62 valence electrons. The lowest BCUT2D eigenvalue weighted by molar-refractivity contribution is 0.655. The Morgan fingerprint density at radius 1 is 1.73 bits per heavy atom. The number of H-pyrrole nitrogens is 1. The first-order chi connectivity index (χ1) is 5.25. The second kappa shape index (κ2) is 3.34. The molecule has 0 saturated carbocycles. The maximum atomic E-state index is 10.8. The Hall–Kier alpha value is -1.10. The number of aromatic amines is 1. The van der Waals surface area contributed by atoms with E-state index in [0.717, 1.165) is 12.4 Å². The van der Waals surface area contributed by atoms with Gasteiger partial charge in [-0.1, -0.05) is 6.92 Å². The molecule has 0 bridgehead atoms. The standard InChI is InChI=1S/C6H12N4O/c1-3-7-4-5-8-9-6(11)10(5)2/h7H,3-4H2,1-2H3,(H,9,11). The molecule has 0 amide bonds. The normalized spacial score (nSPS) is 10.4. The second-order valence-electron chi connectivity index (χ2n) is 2.28. The van der Waals surface area contributed by atoms with Crippen LogP contribution in [0.5, 0.6) is 0 Å². The molecule has 0 radical (unpaired) electrons. The highest BCUT2D eigenvalue weighted by atomic mass is 16.1. The van der Waals surface area contributed by atoms with Crippen molar-refractivity contribution in [3.63, 3.8) is 0 Å². The Balaban J connectivity index is 2.71. The van der Waals surface area contributed by atoms with Gasteiger partial charge in [-0.15, -0.1) is 0 Å². The van der Waals surface area contributed by atoms with Gasteiger partial charge < -0.3 is 5.32 Å². The molecule has 0 aliphatic rings. The van der Waals surface area contributed by atoms with Crippen LogP contribution in [0.1, 0.15) is 12.7 Å². The number of rotatable bonds is 3. The molecule has 0 spiro atoms. The number of nitrogens with one attached hydrogen (secondary N) is 2. The molecule has 2 N–H and O–H groups in total. The first kappa shape index (κ1) is 8.00. The third-order valence-electron chi connectivity index (χ3n) is 1.51. The van der Waals surface area contributed by atoms with Crippen molar-refractivity contribution >= 4 is 0 Å². The average molecular weight is 156 g/mol. The Labute approximate surface area is 64.4 Å². The van der Waals surface area contributed by atoms with E-state index in [1.165, 1.54) is 4.57 Å². The fourth-order valence-corrected chi connectivity index (χ4v) is 0.774. The summed E-state index contributed by atoms with van der Waals surface area (Å²) in [5.41, 5.74) is -0.169. The van der Waals surface area contributed by atoms with E-state index in [1.54, 1.807) is 7.05 Å². The highest BCUT2D eigenvalue weighted by molar-refractivity contribution is 4.83. The number of hydrogen-bond donors (Lipinski definition) is 2. The minimum atomic E-state index is -0.169. The number of nitrogens with zero attached hydrogens (tertiary/aromatic N) is 2. The maximum Gasteiger partial charge on any atom is 0.343 e. The topological polar surface area (TPSA) is 62.7 Å². The molecule has 11 heavy (non-hydrogen) atoms. The zero-order valence-corrected chi connectivity index (χ0v) is 6.72. The van der Waals surface area contributed by atoms with Crippen LogP contribution in [0.3, 0.4) is 0 Å². The first-order valence-electron chi connectivity index (χ1n) is 3.56. The van der Waals surface area contributed by atoms with Crippen molar-refractivity contribution in [3.05, 3.63) is 16.3 Å². The molecular formula is C6H12N4O. The van der Waals surface area contributed by atoms with Gasteiger partial charge in [-0.3, -0.25) is 4.57 Å². The third-order valence-corrected chi connectivity index (χ3v) is 1.51. The quantitative estimate of drug-likeness (QED) is 0.603. The maximum absolute atomic E-state index is 10.8. The van der Waals surface area contributed by atoms with E-state index in [2.05, 4.69) is 15.5 Å². The molecule has 1 rings (SSSR count). The zero-order valence-electron chi connectivity index (χ0n) is 6.72. The summed E-state index contributed by atoms with van der Waals surface area (Å²) in [6, 6.07) is 0. The van der Waals surface area contributed by atoms with Crippen molar-refractivity contribution in [2.75, 3.05) is 6.54 Å². The van der Waals surface area contributed by atoms with E-state index >= 15 is 0 Å². The van der Waals surface area contributed by atoms with Crippen molar-refractivity contribution in [1.82, 2.24) is 20.1 Å². The predicted molar refractivity (Wildman–Crippen MR) is 41.2 cm³/mol. The highest BCUT2D eigenvalue weighted by Gasteiger charge is 2.00.